The summed E-state index contributed by atoms with van der Waals surface area (Å²) >= 11 is 0. The predicted molar refractivity (Wildman–Crippen MR) is 94.9 cm³/mol. The molecule has 5 nitrogen and oxygen atoms in total. The molecule has 3 rings (SSSR count). The molecule has 3 aromatic rings. The van der Waals surface area contributed by atoms with Crippen LogP contribution in [0, 0.1) is 11.8 Å². The molecule has 0 bridgehead atoms. The van der Waals surface area contributed by atoms with Gasteiger partial charge in [-0.15, -0.1) is 0 Å². The quantitative estimate of drug-likeness (QED) is 0.743. The molecule has 0 aliphatic carbocycles. The Bertz CT molecular complexity index is 1060. The van der Waals surface area contributed by atoms with Crippen molar-refractivity contribution in [3.8, 4) is 11.8 Å². The first kappa shape index (κ1) is 16.0. The lowest BCUT2D eigenvalue weighted by Gasteiger charge is -2.08. The number of benzene rings is 1. The van der Waals surface area contributed by atoms with E-state index in [9.17, 15) is 8.42 Å². The summed E-state index contributed by atoms with van der Waals surface area (Å²) in [6.45, 7) is 1.77. The molecule has 0 atom stereocenters. The van der Waals surface area contributed by atoms with Crippen molar-refractivity contribution < 1.29 is 8.42 Å². The number of sulfone groups is 1. The number of aromatic nitrogens is 2. The number of anilines is 2. The van der Waals surface area contributed by atoms with E-state index in [-0.39, 0.29) is 4.90 Å². The van der Waals surface area contributed by atoms with Crippen molar-refractivity contribution in [2.45, 2.75) is 11.8 Å². The van der Waals surface area contributed by atoms with E-state index in [2.05, 4.69) is 27.1 Å². The number of hydrogen-bond donors (Lipinski definition) is 1. The van der Waals surface area contributed by atoms with Gasteiger partial charge in [-0.25, -0.2) is 18.4 Å². The SMILES string of the molecule is CC#Cc1nccc2cnc(Nc3ccc(S(C)(=O)=O)cc3)cc12. The summed E-state index contributed by atoms with van der Waals surface area (Å²) in [7, 11) is -3.20. The molecule has 0 aliphatic rings. The Morgan fingerprint density at radius 3 is 2.50 bits per heavy atom. The van der Waals surface area contributed by atoms with E-state index >= 15 is 0 Å². The molecule has 0 amide bonds. The van der Waals surface area contributed by atoms with Crippen LogP contribution in [0.4, 0.5) is 11.5 Å². The molecular formula is C18H15N3O2S. The minimum Gasteiger partial charge on any atom is -0.340 e. The highest BCUT2D eigenvalue weighted by molar-refractivity contribution is 7.90. The molecule has 2 aromatic heterocycles. The highest BCUT2D eigenvalue weighted by atomic mass is 32.2. The standard InChI is InChI=1S/C18H15N3O2S/c1-3-4-17-16-11-18(20-12-13(16)9-10-19-17)21-14-5-7-15(8-6-14)24(2,22)23/h5-12H,1-2H3,(H,20,21). The second kappa shape index (κ2) is 6.30. The van der Waals surface area contributed by atoms with Crippen LogP contribution < -0.4 is 5.32 Å². The molecule has 120 valence electrons. The van der Waals surface area contributed by atoms with E-state index in [1.165, 1.54) is 6.26 Å². The molecule has 0 saturated carbocycles. The third-order valence-corrected chi connectivity index (χ3v) is 4.57. The summed E-state index contributed by atoms with van der Waals surface area (Å²) in [4.78, 5) is 8.94. The van der Waals surface area contributed by atoms with Crippen LogP contribution in [0.3, 0.4) is 0 Å². The van der Waals surface area contributed by atoms with Crippen LogP contribution in [0.5, 0.6) is 0 Å². The minimum atomic E-state index is -3.20. The summed E-state index contributed by atoms with van der Waals surface area (Å²) in [5, 5.41) is 5.04. The molecule has 0 radical (unpaired) electrons. The molecule has 1 N–H and O–H groups in total. The molecule has 1 aromatic carbocycles. The van der Waals surface area contributed by atoms with Gasteiger partial charge in [0.15, 0.2) is 9.84 Å². The average molecular weight is 337 g/mol. The lowest BCUT2D eigenvalue weighted by Crippen LogP contribution is -1.98. The van der Waals surface area contributed by atoms with Crippen LogP contribution in [0.15, 0.2) is 53.7 Å². The zero-order valence-corrected chi connectivity index (χ0v) is 14.1. The maximum absolute atomic E-state index is 11.5. The van der Waals surface area contributed by atoms with Crippen LogP contribution in [0.2, 0.25) is 0 Å². The van der Waals surface area contributed by atoms with E-state index in [1.807, 2.05) is 12.1 Å². The topological polar surface area (TPSA) is 72.0 Å². The van der Waals surface area contributed by atoms with Gasteiger partial charge in [0, 0.05) is 35.1 Å². The van der Waals surface area contributed by atoms with Gasteiger partial charge in [0.25, 0.3) is 0 Å². The Morgan fingerprint density at radius 2 is 1.83 bits per heavy atom. The van der Waals surface area contributed by atoms with Gasteiger partial charge in [-0.2, -0.15) is 0 Å². The van der Waals surface area contributed by atoms with E-state index in [0.717, 1.165) is 16.5 Å². The van der Waals surface area contributed by atoms with Crippen LogP contribution in [0.1, 0.15) is 12.6 Å². The second-order valence-corrected chi connectivity index (χ2v) is 7.26. The van der Waals surface area contributed by atoms with Gasteiger partial charge < -0.3 is 5.32 Å². The largest absolute Gasteiger partial charge is 0.340 e. The zero-order valence-electron chi connectivity index (χ0n) is 13.2. The van der Waals surface area contributed by atoms with Crippen LogP contribution in [0.25, 0.3) is 10.8 Å². The van der Waals surface area contributed by atoms with Gasteiger partial charge in [0.05, 0.1) is 4.90 Å². The van der Waals surface area contributed by atoms with Crippen molar-refractivity contribution in [2.75, 3.05) is 11.6 Å². The van der Waals surface area contributed by atoms with Crippen LogP contribution in [-0.2, 0) is 9.84 Å². The first-order chi connectivity index (χ1) is 11.5. The lowest BCUT2D eigenvalue weighted by atomic mass is 10.1. The number of hydrogen-bond acceptors (Lipinski definition) is 5. The average Bonchev–Trinajstić information content (AvgIpc) is 2.55. The van der Waals surface area contributed by atoms with Gasteiger partial charge in [-0.1, -0.05) is 5.92 Å². The number of pyridine rings is 2. The molecule has 2 heterocycles. The molecule has 24 heavy (non-hydrogen) atoms. The predicted octanol–water partition coefficient (Wildman–Crippen LogP) is 3.15. The van der Waals surface area contributed by atoms with Gasteiger partial charge in [0.1, 0.15) is 11.5 Å². The Hall–Kier alpha value is -2.91. The minimum absolute atomic E-state index is 0.282. The van der Waals surface area contributed by atoms with Gasteiger partial charge in [-0.05, 0) is 49.2 Å². The van der Waals surface area contributed by atoms with Crippen molar-refractivity contribution in [3.05, 3.63) is 54.5 Å². The normalized spacial score (nSPS) is 10.9. The second-order valence-electron chi connectivity index (χ2n) is 5.25. The fourth-order valence-electron chi connectivity index (χ4n) is 2.29. The van der Waals surface area contributed by atoms with E-state index in [0.29, 0.717) is 11.5 Å². The zero-order chi connectivity index (χ0) is 17.2. The molecule has 0 unspecified atom stereocenters. The Balaban J connectivity index is 1.95. The van der Waals surface area contributed by atoms with E-state index in [1.54, 1.807) is 43.6 Å². The Morgan fingerprint density at radius 1 is 1.08 bits per heavy atom. The lowest BCUT2D eigenvalue weighted by molar-refractivity contribution is 0.602. The molecule has 0 spiro atoms. The molecule has 6 heteroatoms. The molecule has 0 fully saturated rings. The van der Waals surface area contributed by atoms with Gasteiger partial charge in [0.2, 0.25) is 0 Å². The third kappa shape index (κ3) is 3.36. The molecule has 0 saturated heterocycles. The number of nitrogens with one attached hydrogen (secondary N) is 1. The third-order valence-electron chi connectivity index (χ3n) is 3.45. The van der Waals surface area contributed by atoms with Gasteiger partial charge >= 0.3 is 0 Å². The first-order valence-corrected chi connectivity index (χ1v) is 9.11. The molecule has 0 aliphatic heterocycles. The fourth-order valence-corrected chi connectivity index (χ4v) is 2.92. The van der Waals surface area contributed by atoms with Crippen molar-refractivity contribution in [1.29, 1.82) is 0 Å². The summed E-state index contributed by atoms with van der Waals surface area (Å²) < 4.78 is 23.0. The summed E-state index contributed by atoms with van der Waals surface area (Å²) in [5.74, 6) is 6.48. The van der Waals surface area contributed by atoms with Gasteiger partial charge in [-0.3, -0.25) is 0 Å². The summed E-state index contributed by atoms with van der Waals surface area (Å²) in [6.07, 6.45) is 4.65. The van der Waals surface area contributed by atoms with E-state index < -0.39 is 9.84 Å². The summed E-state index contributed by atoms with van der Waals surface area (Å²) in [5.41, 5.74) is 1.45. The van der Waals surface area contributed by atoms with Crippen LogP contribution in [-0.4, -0.2) is 24.6 Å². The maximum Gasteiger partial charge on any atom is 0.175 e. The van der Waals surface area contributed by atoms with Crippen molar-refractivity contribution in [2.24, 2.45) is 0 Å². The number of fused-ring (bicyclic) bond motifs is 1. The van der Waals surface area contributed by atoms with Crippen molar-refractivity contribution in [3.63, 3.8) is 0 Å². The van der Waals surface area contributed by atoms with E-state index in [4.69, 9.17) is 0 Å². The van der Waals surface area contributed by atoms with Crippen LogP contribution >= 0.6 is 0 Å². The van der Waals surface area contributed by atoms with Crippen molar-refractivity contribution in [1.82, 2.24) is 9.97 Å². The van der Waals surface area contributed by atoms with Crippen molar-refractivity contribution >= 4 is 32.1 Å². The number of nitrogens with zero attached hydrogens (tertiary/aromatic N) is 2. The highest BCUT2D eigenvalue weighted by Gasteiger charge is 2.07. The Kier molecular flexibility index (Phi) is 4.19. The first-order valence-electron chi connectivity index (χ1n) is 7.22. The monoisotopic (exact) mass is 337 g/mol. The fraction of sp³-hybridized carbons (Fsp3) is 0.111. The summed E-state index contributed by atoms with van der Waals surface area (Å²) in [6, 6.07) is 10.3. The Labute approximate surface area is 140 Å². The highest BCUT2D eigenvalue weighted by Crippen LogP contribution is 2.22. The maximum atomic E-state index is 11.5. The molecular weight excluding hydrogens is 322 g/mol. The smallest absolute Gasteiger partial charge is 0.175 e. The number of rotatable bonds is 3.